The van der Waals surface area contributed by atoms with Crippen LogP contribution in [0.5, 0.6) is 0 Å². The SMILES string of the molecule is CCC(CC)(CC(C)(CC)C(CCC(C)CCCC(C)CCCC(C)CCCC(C)C)OC(=O)CCCN(C)C)C(=O)OCC=CC(C)(C)CC(C)C. The maximum Gasteiger partial charge on any atom is 0.312 e. The number of rotatable bonds is 32. The van der Waals surface area contributed by atoms with E-state index >= 15 is 0 Å². The van der Waals surface area contributed by atoms with Gasteiger partial charge in [-0.1, -0.05) is 160 Å². The number of allylic oxidation sites excluding steroid dienone is 1. The van der Waals surface area contributed by atoms with Crippen LogP contribution in [0, 0.1) is 45.8 Å². The topological polar surface area (TPSA) is 55.8 Å². The van der Waals surface area contributed by atoms with Crippen molar-refractivity contribution in [1.82, 2.24) is 4.90 Å². The highest BCUT2D eigenvalue weighted by atomic mass is 16.5. The Labute approximate surface area is 332 Å². The Morgan fingerprint density at radius 1 is 0.660 bits per heavy atom. The second kappa shape index (κ2) is 27.3. The fourth-order valence-electron chi connectivity index (χ4n) is 8.54. The van der Waals surface area contributed by atoms with Crippen molar-refractivity contribution >= 4 is 11.9 Å². The van der Waals surface area contributed by atoms with Crippen molar-refractivity contribution in [2.75, 3.05) is 27.2 Å². The van der Waals surface area contributed by atoms with Gasteiger partial charge in [-0.3, -0.25) is 9.59 Å². The number of carbonyl (C=O) groups is 2. The van der Waals surface area contributed by atoms with Crippen molar-refractivity contribution < 1.29 is 19.1 Å². The standard InChI is InChI=1S/C48H93NO4/c1-16-47(13,37-48(17-2,18-3)45(51)52-35-23-33-46(11,12)36-39(6)7)43(53-44(50)30-22-34-49(14)15)32-31-42(10)29-21-28-41(9)27-20-26-40(8)25-19-24-38(4)5/h23,33,38-43H,16-22,24-32,34-37H2,1-15H3. The molecule has 5 unspecified atom stereocenters. The van der Waals surface area contributed by atoms with Crippen LogP contribution in [0.15, 0.2) is 12.2 Å². The summed E-state index contributed by atoms with van der Waals surface area (Å²) in [5.41, 5.74) is -0.884. The van der Waals surface area contributed by atoms with Crippen LogP contribution < -0.4 is 0 Å². The van der Waals surface area contributed by atoms with E-state index < -0.39 is 5.41 Å². The van der Waals surface area contributed by atoms with Gasteiger partial charge in [-0.05, 0) is 107 Å². The van der Waals surface area contributed by atoms with Gasteiger partial charge in [0.25, 0.3) is 0 Å². The average molecular weight is 748 g/mol. The molecule has 5 atom stereocenters. The lowest BCUT2D eigenvalue weighted by Gasteiger charge is -2.43. The monoisotopic (exact) mass is 748 g/mol. The summed E-state index contributed by atoms with van der Waals surface area (Å²) in [6, 6.07) is 0. The highest BCUT2D eigenvalue weighted by Gasteiger charge is 2.46. The molecule has 0 saturated carbocycles. The predicted molar refractivity (Wildman–Crippen MR) is 230 cm³/mol. The van der Waals surface area contributed by atoms with Gasteiger partial charge in [-0.2, -0.15) is 0 Å². The molecule has 0 bridgehead atoms. The highest BCUT2D eigenvalue weighted by molar-refractivity contribution is 5.77. The van der Waals surface area contributed by atoms with Gasteiger partial charge >= 0.3 is 11.9 Å². The third-order valence-corrected chi connectivity index (χ3v) is 12.4. The minimum absolute atomic E-state index is 0.0677. The number of hydrogen-bond donors (Lipinski definition) is 0. The Morgan fingerprint density at radius 2 is 1.17 bits per heavy atom. The molecule has 0 rings (SSSR count). The average Bonchev–Trinajstić information content (AvgIpc) is 3.06. The van der Waals surface area contributed by atoms with Crippen LogP contribution in [-0.4, -0.2) is 50.2 Å². The Balaban J connectivity index is 5.55. The summed E-state index contributed by atoms with van der Waals surface area (Å²) in [7, 11) is 4.08. The molecule has 0 radical (unpaired) electrons. The summed E-state index contributed by atoms with van der Waals surface area (Å²) < 4.78 is 12.4. The van der Waals surface area contributed by atoms with Crippen molar-refractivity contribution in [3.63, 3.8) is 0 Å². The smallest absolute Gasteiger partial charge is 0.312 e. The van der Waals surface area contributed by atoms with Crippen molar-refractivity contribution in [3.05, 3.63) is 12.2 Å². The summed E-state index contributed by atoms with van der Waals surface area (Å²) in [6.07, 6.45) is 23.0. The molecular formula is C48H93NO4. The summed E-state index contributed by atoms with van der Waals surface area (Å²) >= 11 is 0. The van der Waals surface area contributed by atoms with Crippen LogP contribution in [0.1, 0.15) is 206 Å². The lowest BCUT2D eigenvalue weighted by Crippen LogP contribution is -2.44. The van der Waals surface area contributed by atoms with E-state index in [1.807, 2.05) is 20.2 Å². The second-order valence-corrected chi connectivity index (χ2v) is 19.7. The fraction of sp³-hybridized carbons (Fsp3) is 0.917. The first-order valence-corrected chi connectivity index (χ1v) is 22.4. The third-order valence-electron chi connectivity index (χ3n) is 12.4. The number of esters is 2. The molecule has 0 saturated heterocycles. The number of nitrogens with zero attached hydrogens (tertiary/aromatic N) is 1. The van der Waals surface area contributed by atoms with Crippen LogP contribution in [0.2, 0.25) is 0 Å². The molecule has 0 N–H and O–H groups in total. The van der Waals surface area contributed by atoms with E-state index in [9.17, 15) is 9.59 Å². The lowest BCUT2D eigenvalue weighted by atomic mass is 9.64. The molecule has 5 heteroatoms. The van der Waals surface area contributed by atoms with E-state index in [4.69, 9.17) is 9.47 Å². The minimum atomic E-state index is -0.616. The van der Waals surface area contributed by atoms with Crippen LogP contribution >= 0.6 is 0 Å². The zero-order valence-corrected chi connectivity index (χ0v) is 38.3. The Morgan fingerprint density at radius 3 is 1.62 bits per heavy atom. The van der Waals surface area contributed by atoms with Gasteiger partial charge in [0.1, 0.15) is 12.7 Å². The first kappa shape index (κ1) is 51.6. The van der Waals surface area contributed by atoms with Crippen LogP contribution in [0.4, 0.5) is 0 Å². The molecular weight excluding hydrogens is 655 g/mol. The molecule has 0 aliphatic heterocycles. The second-order valence-electron chi connectivity index (χ2n) is 19.7. The van der Waals surface area contributed by atoms with Gasteiger partial charge in [0.05, 0.1) is 5.41 Å². The summed E-state index contributed by atoms with van der Waals surface area (Å²) in [6.45, 7) is 30.7. The Hall–Kier alpha value is -1.36. The van der Waals surface area contributed by atoms with Crippen LogP contribution in [-0.2, 0) is 19.1 Å². The molecule has 5 nitrogen and oxygen atoms in total. The zero-order valence-electron chi connectivity index (χ0n) is 38.3. The minimum Gasteiger partial charge on any atom is -0.462 e. The number of hydrogen-bond acceptors (Lipinski definition) is 5. The van der Waals surface area contributed by atoms with E-state index in [0.717, 1.165) is 56.4 Å². The molecule has 0 aliphatic rings. The normalized spacial score (nSPS) is 16.3. The van der Waals surface area contributed by atoms with Crippen LogP contribution in [0.3, 0.4) is 0 Å². The van der Waals surface area contributed by atoms with Gasteiger partial charge < -0.3 is 14.4 Å². The molecule has 53 heavy (non-hydrogen) atoms. The molecule has 0 aromatic carbocycles. The molecule has 0 amide bonds. The maximum absolute atomic E-state index is 13.9. The summed E-state index contributed by atoms with van der Waals surface area (Å²) in [5, 5.41) is 0. The van der Waals surface area contributed by atoms with Crippen molar-refractivity contribution in [3.8, 4) is 0 Å². The predicted octanol–water partition coefficient (Wildman–Crippen LogP) is 13.9. The van der Waals surface area contributed by atoms with Gasteiger partial charge in [-0.25, -0.2) is 0 Å². The fourth-order valence-corrected chi connectivity index (χ4v) is 8.54. The molecule has 314 valence electrons. The van der Waals surface area contributed by atoms with E-state index in [-0.39, 0.29) is 28.9 Å². The van der Waals surface area contributed by atoms with E-state index in [1.165, 1.54) is 57.8 Å². The maximum atomic E-state index is 13.9. The zero-order chi connectivity index (χ0) is 40.7. The Kier molecular flexibility index (Phi) is 26.6. The van der Waals surface area contributed by atoms with Crippen molar-refractivity contribution in [2.24, 2.45) is 45.8 Å². The first-order valence-electron chi connectivity index (χ1n) is 22.4. The molecule has 0 aliphatic carbocycles. The van der Waals surface area contributed by atoms with E-state index in [0.29, 0.717) is 44.1 Å². The van der Waals surface area contributed by atoms with Crippen LogP contribution in [0.25, 0.3) is 0 Å². The quantitative estimate of drug-likeness (QED) is 0.0507. The van der Waals surface area contributed by atoms with E-state index in [1.54, 1.807) is 0 Å². The van der Waals surface area contributed by atoms with Crippen molar-refractivity contribution in [2.45, 2.75) is 212 Å². The first-order chi connectivity index (χ1) is 24.7. The summed E-state index contributed by atoms with van der Waals surface area (Å²) in [5.74, 6) is 3.40. The molecule has 0 fully saturated rings. The van der Waals surface area contributed by atoms with Crippen molar-refractivity contribution in [1.29, 1.82) is 0 Å². The van der Waals surface area contributed by atoms with Gasteiger partial charge in [-0.15, -0.1) is 0 Å². The molecule has 0 aromatic rings. The molecule has 0 heterocycles. The molecule has 0 spiro atoms. The molecule has 0 aromatic heterocycles. The highest BCUT2D eigenvalue weighted by Crippen LogP contribution is 2.47. The lowest BCUT2D eigenvalue weighted by molar-refractivity contribution is -0.165. The van der Waals surface area contributed by atoms with Gasteiger partial charge in [0, 0.05) is 11.8 Å². The Bertz CT molecular complexity index is 980. The summed E-state index contributed by atoms with van der Waals surface area (Å²) in [4.78, 5) is 29.3. The third kappa shape index (κ3) is 23.3. The van der Waals surface area contributed by atoms with Gasteiger partial charge in [0.2, 0.25) is 0 Å². The van der Waals surface area contributed by atoms with E-state index in [2.05, 4.69) is 101 Å². The largest absolute Gasteiger partial charge is 0.462 e. The number of carbonyl (C=O) groups excluding carboxylic acids is 2. The number of ether oxygens (including phenoxy) is 2. The van der Waals surface area contributed by atoms with Gasteiger partial charge in [0.15, 0.2) is 0 Å².